The van der Waals surface area contributed by atoms with Gasteiger partial charge in [0.2, 0.25) is 0 Å². The van der Waals surface area contributed by atoms with Crippen LogP contribution in [0.4, 0.5) is 0 Å². The van der Waals surface area contributed by atoms with E-state index in [4.69, 9.17) is 0 Å². The minimum absolute atomic E-state index is 0.373. The van der Waals surface area contributed by atoms with E-state index in [1.807, 2.05) is 36.4 Å². The van der Waals surface area contributed by atoms with E-state index in [0.29, 0.717) is 18.6 Å². The molecule has 0 fully saturated rings. The Kier molecular flexibility index (Phi) is 3.58. The number of H-pyrrole nitrogens is 1. The molecule has 0 bridgehead atoms. The quantitative estimate of drug-likeness (QED) is 0.490. The predicted octanol–water partition coefficient (Wildman–Crippen LogP) is 5.35. The van der Waals surface area contributed by atoms with Crippen LogP contribution in [-0.2, 0) is 12.8 Å². The van der Waals surface area contributed by atoms with Gasteiger partial charge >= 0.3 is 0 Å². The molecular weight excluding hydrogens is 294 g/mol. The number of aromatic hydroxyl groups is 1. The number of benzene rings is 3. The van der Waals surface area contributed by atoms with Crippen LogP contribution in [0.15, 0.2) is 73.3 Å². The summed E-state index contributed by atoms with van der Waals surface area (Å²) in [5.74, 6) is 0.373. The summed E-state index contributed by atoms with van der Waals surface area (Å²) < 4.78 is 0. The van der Waals surface area contributed by atoms with E-state index in [2.05, 4.69) is 41.9 Å². The smallest absolute Gasteiger partial charge is 0.124 e. The van der Waals surface area contributed by atoms with Crippen molar-refractivity contribution in [2.75, 3.05) is 0 Å². The minimum Gasteiger partial charge on any atom is -0.507 e. The summed E-state index contributed by atoms with van der Waals surface area (Å²) in [4.78, 5) is 3.49. The summed E-state index contributed by atoms with van der Waals surface area (Å²) in [6.45, 7) is 3.82. The molecule has 0 aliphatic carbocycles. The van der Waals surface area contributed by atoms with Crippen LogP contribution in [0, 0.1) is 0 Å². The molecule has 1 aromatic heterocycles. The number of phenols is 1. The summed E-state index contributed by atoms with van der Waals surface area (Å²) in [5.41, 5.74) is 5.17. The maximum atomic E-state index is 10.8. The number of allylic oxidation sites excluding steroid dienone is 1. The predicted molar refractivity (Wildman–Crippen MR) is 101 cm³/mol. The van der Waals surface area contributed by atoms with Crippen LogP contribution >= 0.6 is 0 Å². The van der Waals surface area contributed by atoms with Gasteiger partial charge in [-0.05, 0) is 29.7 Å². The Morgan fingerprint density at radius 3 is 2.50 bits per heavy atom. The van der Waals surface area contributed by atoms with Crippen LogP contribution in [0.2, 0.25) is 0 Å². The van der Waals surface area contributed by atoms with E-state index in [0.717, 1.165) is 27.5 Å². The molecule has 2 N–H and O–H groups in total. The summed E-state index contributed by atoms with van der Waals surface area (Å²) >= 11 is 0. The fourth-order valence-corrected chi connectivity index (χ4v) is 3.39. The van der Waals surface area contributed by atoms with Gasteiger partial charge in [0.05, 0.1) is 5.52 Å². The number of hydrogen-bond donors (Lipinski definition) is 2. The van der Waals surface area contributed by atoms with Crippen LogP contribution in [0.5, 0.6) is 5.75 Å². The fraction of sp³-hybridized carbons (Fsp3) is 0.0909. The molecule has 0 saturated carbocycles. The number of aromatic nitrogens is 1. The highest BCUT2D eigenvalue weighted by Crippen LogP contribution is 2.36. The third-order valence-electron chi connectivity index (χ3n) is 4.54. The second kappa shape index (κ2) is 5.89. The number of fused-ring (bicyclic) bond motifs is 3. The molecule has 0 unspecified atom stereocenters. The lowest BCUT2D eigenvalue weighted by molar-refractivity contribution is 0.465. The molecule has 4 aromatic rings. The van der Waals surface area contributed by atoms with Gasteiger partial charge < -0.3 is 10.1 Å². The number of hydrogen-bond acceptors (Lipinski definition) is 1. The molecule has 0 radical (unpaired) electrons. The lowest BCUT2D eigenvalue weighted by Crippen LogP contribution is -1.94. The van der Waals surface area contributed by atoms with E-state index in [1.165, 1.54) is 10.9 Å². The molecule has 2 nitrogen and oxygen atoms in total. The van der Waals surface area contributed by atoms with E-state index in [-0.39, 0.29) is 0 Å². The van der Waals surface area contributed by atoms with Crippen molar-refractivity contribution in [1.82, 2.24) is 4.98 Å². The zero-order chi connectivity index (χ0) is 16.5. The minimum atomic E-state index is 0.373. The Labute approximate surface area is 141 Å². The first kappa shape index (κ1) is 14.6. The highest BCUT2D eigenvalue weighted by molar-refractivity contribution is 6.09. The molecule has 2 heteroatoms. The molecule has 0 spiro atoms. The zero-order valence-electron chi connectivity index (χ0n) is 13.4. The van der Waals surface area contributed by atoms with E-state index >= 15 is 0 Å². The van der Waals surface area contributed by atoms with Gasteiger partial charge in [-0.3, -0.25) is 0 Å². The number of nitrogens with one attached hydrogen (secondary N) is 1. The van der Waals surface area contributed by atoms with Crippen molar-refractivity contribution in [3.05, 3.63) is 90.0 Å². The average Bonchev–Trinajstić information content (AvgIpc) is 2.98. The fourth-order valence-electron chi connectivity index (χ4n) is 3.39. The van der Waals surface area contributed by atoms with Gasteiger partial charge in [-0.2, -0.15) is 0 Å². The van der Waals surface area contributed by atoms with Gasteiger partial charge in [0.15, 0.2) is 0 Å². The first-order chi connectivity index (χ1) is 11.8. The zero-order valence-corrected chi connectivity index (χ0v) is 13.4. The molecule has 0 aliphatic rings. The highest BCUT2D eigenvalue weighted by atomic mass is 16.3. The maximum Gasteiger partial charge on any atom is 0.124 e. The second-order valence-corrected chi connectivity index (χ2v) is 6.11. The Morgan fingerprint density at radius 2 is 1.71 bits per heavy atom. The van der Waals surface area contributed by atoms with Crippen LogP contribution in [-0.4, -0.2) is 10.1 Å². The molecule has 0 aliphatic heterocycles. The number of rotatable bonds is 4. The number of para-hydroxylation sites is 1. The van der Waals surface area contributed by atoms with Crippen molar-refractivity contribution in [2.24, 2.45) is 0 Å². The average molecular weight is 313 g/mol. The number of phenolic OH excluding ortho intramolecular Hbond substituents is 1. The Balaban J connectivity index is 2.01. The topological polar surface area (TPSA) is 36.0 Å². The van der Waals surface area contributed by atoms with E-state index < -0.39 is 0 Å². The van der Waals surface area contributed by atoms with Crippen LogP contribution in [0.3, 0.4) is 0 Å². The van der Waals surface area contributed by atoms with Crippen molar-refractivity contribution >= 4 is 21.8 Å². The van der Waals surface area contributed by atoms with Crippen molar-refractivity contribution < 1.29 is 5.11 Å². The first-order valence-electron chi connectivity index (χ1n) is 8.17. The van der Waals surface area contributed by atoms with Gasteiger partial charge in [0.25, 0.3) is 0 Å². The Bertz CT molecular complexity index is 1030. The molecule has 0 saturated heterocycles. The molecule has 4 rings (SSSR count). The Hall–Kier alpha value is -3.00. The van der Waals surface area contributed by atoms with Crippen molar-refractivity contribution in [2.45, 2.75) is 12.8 Å². The van der Waals surface area contributed by atoms with Gasteiger partial charge in [-0.25, -0.2) is 0 Å². The molecule has 118 valence electrons. The van der Waals surface area contributed by atoms with Crippen molar-refractivity contribution in [3.63, 3.8) is 0 Å². The largest absolute Gasteiger partial charge is 0.507 e. The van der Waals surface area contributed by atoms with Crippen LogP contribution in [0.25, 0.3) is 21.8 Å². The molecule has 3 aromatic carbocycles. The van der Waals surface area contributed by atoms with Gasteiger partial charge in [-0.15, -0.1) is 6.58 Å². The summed E-state index contributed by atoms with van der Waals surface area (Å²) in [6.07, 6.45) is 3.19. The standard InChI is InChI=1S/C22H19NO/c1-2-8-16-14-18-17-11-6-7-12-20(17)23-21(18)19(22(16)24)13-15-9-4-3-5-10-15/h2-7,9-12,14,23-24H,1,8,13H2. The number of aromatic amines is 1. The van der Waals surface area contributed by atoms with Crippen molar-refractivity contribution in [3.8, 4) is 5.75 Å². The Morgan fingerprint density at radius 1 is 0.958 bits per heavy atom. The van der Waals surface area contributed by atoms with Crippen LogP contribution < -0.4 is 0 Å². The van der Waals surface area contributed by atoms with E-state index in [9.17, 15) is 5.11 Å². The third kappa shape index (κ3) is 2.37. The molecule has 0 amide bonds. The molecule has 24 heavy (non-hydrogen) atoms. The summed E-state index contributed by atoms with van der Waals surface area (Å²) in [5, 5.41) is 13.2. The van der Waals surface area contributed by atoms with Gasteiger partial charge in [0, 0.05) is 28.3 Å². The second-order valence-electron chi connectivity index (χ2n) is 6.11. The maximum absolute atomic E-state index is 10.8. The monoisotopic (exact) mass is 313 g/mol. The van der Waals surface area contributed by atoms with Crippen LogP contribution in [0.1, 0.15) is 16.7 Å². The molecule has 1 heterocycles. The SMILES string of the molecule is C=CCc1cc2c([nH]c3ccccc32)c(Cc2ccccc2)c1O. The third-order valence-corrected chi connectivity index (χ3v) is 4.54. The van der Waals surface area contributed by atoms with Gasteiger partial charge in [0.1, 0.15) is 5.75 Å². The summed E-state index contributed by atoms with van der Waals surface area (Å²) in [7, 11) is 0. The summed E-state index contributed by atoms with van der Waals surface area (Å²) in [6, 6.07) is 20.6. The van der Waals surface area contributed by atoms with E-state index in [1.54, 1.807) is 0 Å². The lowest BCUT2D eigenvalue weighted by atomic mass is 9.96. The van der Waals surface area contributed by atoms with Crippen molar-refractivity contribution in [1.29, 1.82) is 0 Å². The molecular formula is C22H19NO. The normalized spacial score (nSPS) is 11.2. The van der Waals surface area contributed by atoms with Gasteiger partial charge in [-0.1, -0.05) is 54.6 Å². The molecule has 0 atom stereocenters. The lowest BCUT2D eigenvalue weighted by Gasteiger charge is -2.11. The highest BCUT2D eigenvalue weighted by Gasteiger charge is 2.16. The first-order valence-corrected chi connectivity index (χ1v) is 8.17.